The summed E-state index contributed by atoms with van der Waals surface area (Å²) < 4.78 is 0. The molecule has 5 nitrogen and oxygen atoms in total. The standard InChI is InChI=1S/C3H4O5/c4-1(2(5)6)3(7)8/h1,4H,(H,5,6)(H,7,8)/p-2. The van der Waals surface area contributed by atoms with E-state index in [-0.39, 0.29) is 0 Å². The van der Waals surface area contributed by atoms with Crippen LogP contribution in [0.3, 0.4) is 0 Å². The van der Waals surface area contributed by atoms with Crippen molar-refractivity contribution >= 4 is 11.9 Å². The molecule has 5 heteroatoms. The van der Waals surface area contributed by atoms with Gasteiger partial charge < -0.3 is 24.9 Å². The molecule has 0 fully saturated rings. The SMILES string of the molecule is O=C([O-])C(O)C(=O)[O-]. The predicted molar refractivity (Wildman–Crippen MR) is 16.0 cm³/mol. The Hall–Kier alpha value is -1.10. The Morgan fingerprint density at radius 3 is 1.50 bits per heavy atom. The van der Waals surface area contributed by atoms with Crippen LogP contribution < -0.4 is 10.2 Å². The number of carbonyl (C=O) groups is 2. The molecule has 0 radical (unpaired) electrons. The highest BCUT2D eigenvalue weighted by molar-refractivity contribution is 5.93. The van der Waals surface area contributed by atoms with Crippen LogP contribution in [0.4, 0.5) is 0 Å². The summed E-state index contributed by atoms with van der Waals surface area (Å²) in [4.78, 5) is 18.7. The first kappa shape index (κ1) is 6.90. The highest BCUT2D eigenvalue weighted by Gasteiger charge is 2.02. The number of aliphatic hydroxyl groups excluding tert-OH is 1. The van der Waals surface area contributed by atoms with Crippen molar-refractivity contribution in [2.24, 2.45) is 0 Å². The van der Waals surface area contributed by atoms with Crippen LogP contribution in [0.2, 0.25) is 0 Å². The van der Waals surface area contributed by atoms with Crippen LogP contribution in [-0.4, -0.2) is 23.1 Å². The molecule has 0 aliphatic heterocycles. The zero-order chi connectivity index (χ0) is 6.73. The van der Waals surface area contributed by atoms with Gasteiger partial charge >= 0.3 is 0 Å². The van der Waals surface area contributed by atoms with Gasteiger partial charge in [-0.1, -0.05) is 0 Å². The smallest absolute Gasteiger partial charge is 0.133 e. The molecular weight excluding hydrogens is 116 g/mol. The lowest BCUT2D eigenvalue weighted by Crippen LogP contribution is -2.47. The third-order valence-corrected chi connectivity index (χ3v) is 0.447. The molecule has 8 heavy (non-hydrogen) atoms. The maximum Gasteiger partial charge on any atom is 0.133 e. The number of aliphatic hydroxyl groups is 1. The maximum atomic E-state index is 9.36. The fourth-order valence-electron chi connectivity index (χ4n) is 0.0962. The van der Waals surface area contributed by atoms with Crippen molar-refractivity contribution in [3.05, 3.63) is 0 Å². The summed E-state index contributed by atoms with van der Waals surface area (Å²) in [5.74, 6) is -4.13. The van der Waals surface area contributed by atoms with Gasteiger partial charge in [-0.3, -0.25) is 0 Å². The van der Waals surface area contributed by atoms with E-state index in [1.807, 2.05) is 0 Å². The molecule has 0 aromatic carbocycles. The fraction of sp³-hybridized carbons (Fsp3) is 0.333. The van der Waals surface area contributed by atoms with Gasteiger partial charge in [-0.15, -0.1) is 0 Å². The van der Waals surface area contributed by atoms with E-state index in [1.165, 1.54) is 0 Å². The van der Waals surface area contributed by atoms with Crippen LogP contribution >= 0.6 is 0 Å². The van der Waals surface area contributed by atoms with E-state index in [2.05, 4.69) is 0 Å². The zero-order valence-electron chi connectivity index (χ0n) is 3.66. The highest BCUT2D eigenvalue weighted by Crippen LogP contribution is 1.72. The summed E-state index contributed by atoms with van der Waals surface area (Å²) >= 11 is 0. The molecule has 0 aromatic rings. The van der Waals surface area contributed by atoms with Gasteiger partial charge in [-0.2, -0.15) is 0 Å². The normalized spacial score (nSPS) is 9.25. The van der Waals surface area contributed by atoms with Crippen molar-refractivity contribution in [2.45, 2.75) is 6.10 Å². The van der Waals surface area contributed by atoms with E-state index >= 15 is 0 Å². The van der Waals surface area contributed by atoms with Crippen molar-refractivity contribution in [3.8, 4) is 0 Å². The molecule has 0 atom stereocenters. The minimum Gasteiger partial charge on any atom is -0.547 e. The lowest BCUT2D eigenvalue weighted by atomic mass is 10.4. The Balaban J connectivity index is 3.83. The minimum atomic E-state index is -2.52. The molecule has 0 heterocycles. The van der Waals surface area contributed by atoms with Crippen LogP contribution in [0.1, 0.15) is 0 Å². The molecule has 0 spiro atoms. The second kappa shape index (κ2) is 2.27. The van der Waals surface area contributed by atoms with E-state index in [0.717, 1.165) is 0 Å². The summed E-state index contributed by atoms with van der Waals surface area (Å²) in [5.41, 5.74) is 0. The summed E-state index contributed by atoms with van der Waals surface area (Å²) in [6, 6.07) is 0. The molecule has 0 aliphatic rings. The molecule has 0 aromatic heterocycles. The topological polar surface area (TPSA) is 100 Å². The second-order valence-corrected chi connectivity index (χ2v) is 1.04. The Morgan fingerprint density at radius 2 is 1.50 bits per heavy atom. The first-order chi connectivity index (χ1) is 3.55. The molecule has 0 bridgehead atoms. The van der Waals surface area contributed by atoms with E-state index in [9.17, 15) is 19.8 Å². The first-order valence-corrected chi connectivity index (χ1v) is 1.65. The van der Waals surface area contributed by atoms with E-state index in [4.69, 9.17) is 5.11 Å². The Labute approximate surface area is 44.2 Å². The van der Waals surface area contributed by atoms with Gasteiger partial charge in [0.1, 0.15) is 6.10 Å². The fourth-order valence-corrected chi connectivity index (χ4v) is 0.0962. The monoisotopic (exact) mass is 118 g/mol. The number of hydrogen-bond donors (Lipinski definition) is 1. The van der Waals surface area contributed by atoms with Crippen LogP contribution in [0, 0.1) is 0 Å². The average molecular weight is 118 g/mol. The highest BCUT2D eigenvalue weighted by atomic mass is 16.4. The van der Waals surface area contributed by atoms with E-state index < -0.39 is 18.0 Å². The second-order valence-electron chi connectivity index (χ2n) is 1.04. The molecule has 0 saturated heterocycles. The third kappa shape index (κ3) is 1.57. The van der Waals surface area contributed by atoms with Gasteiger partial charge in [-0.25, -0.2) is 0 Å². The van der Waals surface area contributed by atoms with Crippen molar-refractivity contribution in [1.29, 1.82) is 0 Å². The number of carboxylic acid groups (broad SMARTS) is 2. The average Bonchev–Trinajstić information content (AvgIpc) is 1.64. The number of rotatable bonds is 2. The third-order valence-electron chi connectivity index (χ3n) is 0.447. The maximum absolute atomic E-state index is 9.36. The van der Waals surface area contributed by atoms with Crippen LogP contribution in [0.5, 0.6) is 0 Å². The van der Waals surface area contributed by atoms with Crippen molar-refractivity contribution in [2.75, 3.05) is 0 Å². The Morgan fingerprint density at radius 1 is 1.25 bits per heavy atom. The van der Waals surface area contributed by atoms with Crippen molar-refractivity contribution in [1.82, 2.24) is 0 Å². The molecule has 0 aliphatic carbocycles. The van der Waals surface area contributed by atoms with Crippen LogP contribution in [-0.2, 0) is 9.59 Å². The number of aliphatic carboxylic acids is 2. The molecule has 0 rings (SSSR count). The van der Waals surface area contributed by atoms with Crippen molar-refractivity contribution < 1.29 is 24.9 Å². The van der Waals surface area contributed by atoms with Crippen molar-refractivity contribution in [3.63, 3.8) is 0 Å². The zero-order valence-corrected chi connectivity index (χ0v) is 3.66. The van der Waals surface area contributed by atoms with Gasteiger partial charge in [0.25, 0.3) is 0 Å². The van der Waals surface area contributed by atoms with Gasteiger partial charge in [-0.05, 0) is 0 Å². The van der Waals surface area contributed by atoms with Crippen LogP contribution in [0.15, 0.2) is 0 Å². The molecule has 0 amide bonds. The molecule has 0 saturated carbocycles. The lowest BCUT2D eigenvalue weighted by Gasteiger charge is -2.10. The summed E-state index contributed by atoms with van der Waals surface area (Å²) in [6.45, 7) is 0. The summed E-state index contributed by atoms with van der Waals surface area (Å²) in [6.07, 6.45) is -2.52. The molecule has 46 valence electrons. The van der Waals surface area contributed by atoms with E-state index in [0.29, 0.717) is 0 Å². The van der Waals surface area contributed by atoms with Crippen LogP contribution in [0.25, 0.3) is 0 Å². The quantitative estimate of drug-likeness (QED) is 0.371. The number of carbonyl (C=O) groups excluding carboxylic acids is 2. The van der Waals surface area contributed by atoms with E-state index in [1.54, 1.807) is 0 Å². The molecular formula is C3H2O5-2. The van der Waals surface area contributed by atoms with Gasteiger partial charge in [0.2, 0.25) is 0 Å². The molecule has 0 unspecified atom stereocenters. The number of carboxylic acids is 2. The first-order valence-electron chi connectivity index (χ1n) is 1.65. The minimum absolute atomic E-state index is 2.06. The lowest BCUT2D eigenvalue weighted by molar-refractivity contribution is -0.336. The number of hydrogen-bond acceptors (Lipinski definition) is 5. The summed E-state index contributed by atoms with van der Waals surface area (Å²) in [5, 5.41) is 26.6. The largest absolute Gasteiger partial charge is 0.547 e. The predicted octanol–water partition coefficient (Wildman–Crippen LogP) is -4.15. The van der Waals surface area contributed by atoms with Gasteiger partial charge in [0.05, 0.1) is 11.9 Å². The summed E-state index contributed by atoms with van der Waals surface area (Å²) in [7, 11) is 0. The Kier molecular flexibility index (Phi) is 1.96. The van der Waals surface area contributed by atoms with Gasteiger partial charge in [0, 0.05) is 0 Å². The van der Waals surface area contributed by atoms with Gasteiger partial charge in [0.15, 0.2) is 0 Å². The molecule has 1 N–H and O–H groups in total. The Bertz CT molecular complexity index is 103.